The Kier molecular flexibility index (Phi) is 4.51. The number of imidazole rings is 1. The summed E-state index contributed by atoms with van der Waals surface area (Å²) in [5, 5.41) is 3.89. The molecule has 1 fully saturated rings. The number of halogens is 1. The number of rotatable bonds is 3. The summed E-state index contributed by atoms with van der Waals surface area (Å²) in [7, 11) is 1.89. The summed E-state index contributed by atoms with van der Waals surface area (Å²) in [4.78, 5) is 23.8. The molecule has 1 aromatic carbocycles. The van der Waals surface area contributed by atoms with Gasteiger partial charge in [0, 0.05) is 37.0 Å². The molecule has 1 saturated heterocycles. The molecule has 1 amide bonds. The Bertz CT molecular complexity index is 962. The second-order valence-electron chi connectivity index (χ2n) is 6.56. The fourth-order valence-corrected chi connectivity index (χ4v) is 3.58. The molecule has 26 heavy (non-hydrogen) atoms. The van der Waals surface area contributed by atoms with Crippen LogP contribution in [0.15, 0.2) is 36.8 Å². The summed E-state index contributed by atoms with van der Waals surface area (Å²) in [6.07, 6.45) is 6.66. The molecule has 0 atom stereocenters. The normalized spacial score (nSPS) is 14.6. The number of carbonyl (C=O) groups excluding carboxylic acids is 1. The second kappa shape index (κ2) is 6.96. The lowest BCUT2D eigenvalue weighted by Gasteiger charge is -2.27. The fraction of sp³-hybridized carbons (Fsp3) is 0.316. The Hall–Kier alpha value is -2.60. The zero-order valence-corrected chi connectivity index (χ0v) is 15.3. The van der Waals surface area contributed by atoms with Crippen LogP contribution >= 0.6 is 11.6 Å². The number of benzene rings is 1. The molecule has 134 valence electrons. The number of carbonyl (C=O) groups is 1. The summed E-state index contributed by atoms with van der Waals surface area (Å²) in [6, 6.07) is 7.42. The maximum absolute atomic E-state index is 13.0. The Morgan fingerprint density at radius 2 is 2.00 bits per heavy atom. The van der Waals surface area contributed by atoms with Crippen molar-refractivity contribution in [3.05, 3.63) is 47.4 Å². The van der Waals surface area contributed by atoms with Gasteiger partial charge in [0.2, 0.25) is 0 Å². The molecule has 0 spiro atoms. The minimum atomic E-state index is 0.0279. The number of hydrogen-bond acceptors (Lipinski definition) is 4. The Labute approximate surface area is 156 Å². The predicted molar refractivity (Wildman–Crippen MR) is 103 cm³/mol. The Morgan fingerprint density at radius 3 is 2.77 bits per heavy atom. The van der Waals surface area contributed by atoms with Gasteiger partial charge in [-0.15, -0.1) is 0 Å². The Morgan fingerprint density at radius 1 is 1.19 bits per heavy atom. The SMILES string of the molecule is Cn1cnc2c(Nc3cccc(Cl)c3)ncc(C(=O)N3CCCCC3)c21. The number of nitrogens with one attached hydrogen (secondary N) is 1. The third-order valence-electron chi connectivity index (χ3n) is 4.70. The minimum absolute atomic E-state index is 0.0279. The number of aryl methyl sites for hydroxylation is 1. The molecule has 1 aliphatic rings. The van der Waals surface area contributed by atoms with E-state index in [-0.39, 0.29) is 5.91 Å². The van der Waals surface area contributed by atoms with Gasteiger partial charge in [-0.25, -0.2) is 9.97 Å². The molecule has 0 unspecified atom stereocenters. The van der Waals surface area contributed by atoms with Crippen LogP contribution in [0.2, 0.25) is 5.02 Å². The highest BCUT2D eigenvalue weighted by molar-refractivity contribution is 6.30. The quantitative estimate of drug-likeness (QED) is 0.758. The van der Waals surface area contributed by atoms with E-state index in [2.05, 4.69) is 15.3 Å². The summed E-state index contributed by atoms with van der Waals surface area (Å²) in [6.45, 7) is 1.61. The van der Waals surface area contributed by atoms with Crippen LogP contribution in [0, 0.1) is 0 Å². The van der Waals surface area contributed by atoms with Crippen molar-refractivity contribution in [2.75, 3.05) is 18.4 Å². The summed E-state index contributed by atoms with van der Waals surface area (Å²) >= 11 is 6.06. The van der Waals surface area contributed by atoms with E-state index in [1.165, 1.54) is 6.42 Å². The van der Waals surface area contributed by atoms with Crippen molar-refractivity contribution in [1.82, 2.24) is 19.4 Å². The monoisotopic (exact) mass is 369 g/mol. The molecule has 2 aromatic heterocycles. The zero-order chi connectivity index (χ0) is 18.1. The average Bonchev–Trinajstić information content (AvgIpc) is 3.05. The highest BCUT2D eigenvalue weighted by Crippen LogP contribution is 2.28. The molecule has 0 bridgehead atoms. The lowest BCUT2D eigenvalue weighted by Crippen LogP contribution is -2.35. The molecule has 3 heterocycles. The fourth-order valence-electron chi connectivity index (χ4n) is 3.39. The third-order valence-corrected chi connectivity index (χ3v) is 4.94. The Balaban J connectivity index is 1.73. The lowest BCUT2D eigenvalue weighted by molar-refractivity contribution is 0.0725. The summed E-state index contributed by atoms with van der Waals surface area (Å²) < 4.78 is 1.87. The van der Waals surface area contributed by atoms with Crippen LogP contribution in [0.4, 0.5) is 11.5 Å². The maximum atomic E-state index is 13.0. The van der Waals surface area contributed by atoms with Crippen molar-refractivity contribution < 1.29 is 4.79 Å². The molecular weight excluding hydrogens is 350 g/mol. The maximum Gasteiger partial charge on any atom is 0.257 e. The van der Waals surface area contributed by atoms with Crippen LogP contribution < -0.4 is 5.32 Å². The molecule has 1 aliphatic heterocycles. The molecular formula is C19H20ClN5O. The molecule has 0 aliphatic carbocycles. The van der Waals surface area contributed by atoms with Gasteiger partial charge in [0.15, 0.2) is 5.82 Å². The number of aromatic nitrogens is 3. The molecule has 4 rings (SSSR count). The van der Waals surface area contributed by atoms with Crippen LogP contribution in [-0.2, 0) is 7.05 Å². The first kappa shape index (κ1) is 16.8. The molecule has 7 heteroatoms. The van der Waals surface area contributed by atoms with E-state index in [0.29, 0.717) is 21.9 Å². The van der Waals surface area contributed by atoms with Crippen LogP contribution in [0.25, 0.3) is 11.0 Å². The first-order chi connectivity index (χ1) is 12.6. The topological polar surface area (TPSA) is 63.1 Å². The van der Waals surface area contributed by atoms with Gasteiger partial charge in [0.05, 0.1) is 17.4 Å². The largest absolute Gasteiger partial charge is 0.339 e. The van der Waals surface area contributed by atoms with Crippen molar-refractivity contribution in [2.24, 2.45) is 7.05 Å². The minimum Gasteiger partial charge on any atom is -0.339 e. The van der Waals surface area contributed by atoms with Crippen LogP contribution in [0.5, 0.6) is 0 Å². The zero-order valence-electron chi connectivity index (χ0n) is 14.6. The second-order valence-corrected chi connectivity index (χ2v) is 7.00. The van der Waals surface area contributed by atoms with Crippen LogP contribution in [0.1, 0.15) is 29.6 Å². The van der Waals surface area contributed by atoms with Crippen molar-refractivity contribution in [2.45, 2.75) is 19.3 Å². The molecule has 3 aromatic rings. The highest BCUT2D eigenvalue weighted by atomic mass is 35.5. The van der Waals surface area contributed by atoms with Crippen LogP contribution in [0.3, 0.4) is 0 Å². The number of piperidine rings is 1. The van der Waals surface area contributed by atoms with Crippen molar-refractivity contribution in [3.8, 4) is 0 Å². The lowest BCUT2D eigenvalue weighted by atomic mass is 10.1. The van der Waals surface area contributed by atoms with E-state index in [4.69, 9.17) is 11.6 Å². The average molecular weight is 370 g/mol. The van der Waals surface area contributed by atoms with Crippen molar-refractivity contribution >= 4 is 40.0 Å². The van der Waals surface area contributed by atoms with Crippen molar-refractivity contribution in [1.29, 1.82) is 0 Å². The first-order valence-corrected chi connectivity index (χ1v) is 9.13. The number of nitrogens with zero attached hydrogens (tertiary/aromatic N) is 4. The molecule has 6 nitrogen and oxygen atoms in total. The van der Waals surface area contributed by atoms with Gasteiger partial charge in [0.1, 0.15) is 5.52 Å². The van der Waals surface area contributed by atoms with E-state index in [1.54, 1.807) is 12.5 Å². The van der Waals surface area contributed by atoms with Gasteiger partial charge >= 0.3 is 0 Å². The number of pyridine rings is 1. The summed E-state index contributed by atoms with van der Waals surface area (Å²) in [5.74, 6) is 0.637. The molecule has 0 radical (unpaired) electrons. The standard InChI is InChI=1S/C19H20ClN5O/c1-24-12-22-16-17(24)15(19(26)25-8-3-2-4-9-25)11-21-18(16)23-14-7-5-6-13(20)10-14/h5-7,10-12H,2-4,8-9H2,1H3,(H,21,23). The predicted octanol–water partition coefficient (Wildman–Crippen LogP) is 3.99. The number of hydrogen-bond donors (Lipinski definition) is 1. The van der Waals surface area contributed by atoms with E-state index in [0.717, 1.165) is 37.1 Å². The third kappa shape index (κ3) is 3.12. The van der Waals surface area contributed by atoms with E-state index in [9.17, 15) is 4.79 Å². The van der Waals surface area contributed by atoms with Gasteiger partial charge in [0.25, 0.3) is 5.91 Å². The van der Waals surface area contributed by atoms with E-state index >= 15 is 0 Å². The van der Waals surface area contributed by atoms with Gasteiger partial charge in [-0.2, -0.15) is 0 Å². The number of anilines is 2. The highest BCUT2D eigenvalue weighted by Gasteiger charge is 2.23. The number of likely N-dealkylation sites (tertiary alicyclic amines) is 1. The smallest absolute Gasteiger partial charge is 0.257 e. The van der Waals surface area contributed by atoms with Gasteiger partial charge in [-0.3, -0.25) is 4.79 Å². The summed E-state index contributed by atoms with van der Waals surface area (Å²) in [5.41, 5.74) is 2.89. The first-order valence-electron chi connectivity index (χ1n) is 8.75. The molecule has 0 saturated carbocycles. The van der Waals surface area contributed by atoms with E-state index < -0.39 is 0 Å². The van der Waals surface area contributed by atoms with E-state index in [1.807, 2.05) is 40.8 Å². The van der Waals surface area contributed by atoms with Gasteiger partial charge < -0.3 is 14.8 Å². The number of fused-ring (bicyclic) bond motifs is 1. The molecule has 1 N–H and O–H groups in total. The van der Waals surface area contributed by atoms with Crippen LogP contribution in [-0.4, -0.2) is 38.4 Å². The number of amides is 1. The van der Waals surface area contributed by atoms with Gasteiger partial charge in [-0.1, -0.05) is 17.7 Å². The van der Waals surface area contributed by atoms with Crippen molar-refractivity contribution in [3.63, 3.8) is 0 Å². The van der Waals surface area contributed by atoms with Gasteiger partial charge in [-0.05, 0) is 37.5 Å².